The second-order valence-electron chi connectivity index (χ2n) is 9.99. The van der Waals surface area contributed by atoms with Crippen LogP contribution >= 0.6 is 0 Å². The molecular formula is C32H26B2N8. The van der Waals surface area contributed by atoms with Crippen molar-refractivity contribution in [3.05, 3.63) is 119 Å². The molecule has 42 heavy (non-hydrogen) atoms. The maximum Gasteiger partial charge on any atom is 0.169 e. The summed E-state index contributed by atoms with van der Waals surface area (Å²) >= 11 is 0. The third kappa shape index (κ3) is 5.19. The molecule has 10 heteroatoms. The van der Waals surface area contributed by atoms with Crippen LogP contribution < -0.4 is 0 Å². The molecule has 0 N–H and O–H groups in total. The van der Waals surface area contributed by atoms with Gasteiger partial charge in [0.05, 0.1) is 34.2 Å². The van der Waals surface area contributed by atoms with Crippen LogP contribution in [0.3, 0.4) is 0 Å². The summed E-state index contributed by atoms with van der Waals surface area (Å²) in [4.78, 5) is 16.5. The number of benzene rings is 2. The average molecular weight is 544 g/mol. The molecule has 8 nitrogen and oxygen atoms in total. The van der Waals surface area contributed by atoms with Crippen LogP contribution in [0.1, 0.15) is 11.1 Å². The smallest absolute Gasteiger partial charge is 0.169 e. The van der Waals surface area contributed by atoms with Gasteiger partial charge in [-0.15, -0.1) is 0 Å². The van der Waals surface area contributed by atoms with Gasteiger partial charge in [-0.1, -0.05) is 48.6 Å². The molecule has 2 fully saturated rings. The van der Waals surface area contributed by atoms with Crippen LogP contribution in [0.5, 0.6) is 0 Å². The van der Waals surface area contributed by atoms with Gasteiger partial charge >= 0.3 is 0 Å². The summed E-state index contributed by atoms with van der Waals surface area (Å²) in [6, 6.07) is 15.5. The van der Waals surface area contributed by atoms with Crippen LogP contribution in [-0.2, 0) is 0 Å². The Bertz CT molecular complexity index is 1590. The van der Waals surface area contributed by atoms with Crippen molar-refractivity contribution in [2.75, 3.05) is 14.1 Å². The number of hydrogen-bond acceptors (Lipinski definition) is 8. The topological polar surface area (TPSA) is 98.9 Å². The highest BCUT2D eigenvalue weighted by Crippen LogP contribution is 2.61. The van der Waals surface area contributed by atoms with Crippen LogP contribution in [0, 0.1) is 0 Å². The zero-order valence-electron chi connectivity index (χ0n) is 23.4. The molecule has 0 bridgehead atoms. The fraction of sp³-hybridized carbons (Fsp3) is 0.125. The number of aliphatic imine (C=N–C) groups is 4. The van der Waals surface area contributed by atoms with E-state index in [1.807, 2.05) is 97.1 Å². The van der Waals surface area contributed by atoms with Crippen molar-refractivity contribution < 1.29 is 0 Å². The first-order valence-corrected chi connectivity index (χ1v) is 13.4. The minimum absolute atomic E-state index is 0.560. The van der Waals surface area contributed by atoms with Crippen LogP contribution in [0.15, 0.2) is 149 Å². The van der Waals surface area contributed by atoms with E-state index < -0.39 is 10.7 Å². The van der Waals surface area contributed by atoms with E-state index in [0.29, 0.717) is 0 Å². The first kappa shape index (κ1) is 27.1. The molecule has 0 amide bonds. The van der Waals surface area contributed by atoms with Gasteiger partial charge in [-0.3, -0.25) is 20.0 Å². The lowest BCUT2D eigenvalue weighted by atomic mass is 9.57. The minimum Gasteiger partial charge on any atom is -0.289 e. The van der Waals surface area contributed by atoms with Crippen molar-refractivity contribution in [2.45, 2.75) is 10.7 Å². The van der Waals surface area contributed by atoms with Gasteiger partial charge in [0.15, 0.2) is 14.6 Å². The highest BCUT2D eigenvalue weighted by atomic mass is 15.3. The van der Waals surface area contributed by atoms with Gasteiger partial charge in [-0.2, -0.15) is 20.5 Å². The molecule has 0 atom stereocenters. The molecule has 0 unspecified atom stereocenters. The van der Waals surface area contributed by atoms with E-state index in [4.69, 9.17) is 20.5 Å². The molecule has 6 rings (SSSR count). The summed E-state index contributed by atoms with van der Waals surface area (Å²) in [5, 5.41) is 17.9. The lowest BCUT2D eigenvalue weighted by Gasteiger charge is -2.09. The molecule has 2 aliphatic heterocycles. The van der Waals surface area contributed by atoms with Crippen molar-refractivity contribution in [1.29, 1.82) is 0 Å². The third-order valence-corrected chi connectivity index (χ3v) is 7.43. The van der Waals surface area contributed by atoms with Crippen molar-refractivity contribution in [2.24, 2.45) is 40.4 Å². The second-order valence-corrected chi connectivity index (χ2v) is 9.99. The van der Waals surface area contributed by atoms with Crippen molar-refractivity contribution in [1.82, 2.24) is 0 Å². The van der Waals surface area contributed by atoms with Gasteiger partial charge in [0.2, 0.25) is 0 Å². The average Bonchev–Trinajstić information content (AvgIpc) is 3.88. The molecule has 2 aliphatic carbocycles. The Morgan fingerprint density at radius 3 is 1.21 bits per heavy atom. The van der Waals surface area contributed by atoms with Gasteiger partial charge in [0.1, 0.15) is 0 Å². The molecule has 2 heterocycles. The van der Waals surface area contributed by atoms with E-state index >= 15 is 0 Å². The number of azo groups is 2. The van der Waals surface area contributed by atoms with Crippen LogP contribution in [0.2, 0.25) is 0 Å². The Labute approximate surface area is 246 Å². The van der Waals surface area contributed by atoms with E-state index in [1.165, 1.54) is 0 Å². The van der Waals surface area contributed by atoms with Crippen LogP contribution in [-0.4, -0.2) is 64.2 Å². The Morgan fingerprint density at radius 2 is 0.905 bits per heavy atom. The SMILES string of the molecule is C=Nc1ccc(C(N=NC23[B]C2(N=NC(=C2C=CC(=NC)C=C2)c2ccc(N=C)cc2)[B]3)=C2C=CC(=NC)C=C2)cc1. The largest absolute Gasteiger partial charge is 0.289 e. The maximum absolute atomic E-state index is 4.74. The monoisotopic (exact) mass is 544 g/mol. The van der Waals surface area contributed by atoms with Crippen LogP contribution in [0.4, 0.5) is 11.4 Å². The molecule has 4 aliphatic rings. The molecule has 2 radical (unpaired) electrons. The highest BCUT2D eigenvalue weighted by Gasteiger charge is 2.87. The Balaban J connectivity index is 1.29. The predicted octanol–water partition coefficient (Wildman–Crippen LogP) is 6.51. The van der Waals surface area contributed by atoms with Crippen LogP contribution in [0.25, 0.3) is 11.4 Å². The number of allylic oxidation sites excluding steroid dienone is 10. The summed E-state index contributed by atoms with van der Waals surface area (Å²) in [5.41, 5.74) is 8.59. The van der Waals surface area contributed by atoms with E-state index in [0.717, 1.165) is 56.5 Å². The second kappa shape index (κ2) is 11.0. The minimum atomic E-state index is -0.560. The lowest BCUT2D eigenvalue weighted by Crippen LogP contribution is -2.08. The Kier molecular flexibility index (Phi) is 7.12. The molecule has 200 valence electrons. The first-order chi connectivity index (χ1) is 20.5. The molecule has 2 saturated heterocycles. The van der Waals surface area contributed by atoms with Gasteiger partial charge in [-0.25, -0.2) is 0 Å². The van der Waals surface area contributed by atoms with Gasteiger partial charge in [0.25, 0.3) is 0 Å². The van der Waals surface area contributed by atoms with E-state index in [2.05, 4.69) is 48.0 Å². The van der Waals surface area contributed by atoms with Crippen molar-refractivity contribution in [3.8, 4) is 0 Å². The third-order valence-electron chi connectivity index (χ3n) is 7.43. The number of rotatable bonds is 8. The Morgan fingerprint density at radius 1 is 0.548 bits per heavy atom. The zero-order chi connectivity index (χ0) is 29.2. The molecule has 0 spiro atoms. The Hall–Kier alpha value is -5.11. The standard InChI is InChI=1S/C32H26B2N8/c1-35-25-13-5-21(6-14-25)29(22-7-15-26(36-2)16-8-22)39-41-31-32(33-31,34-31)42-40-30(23-9-17-27(37-3)18-10-23)24-11-19-28(38-4)20-12-24/h5-20H,1,3H2,2,4H3. The van der Waals surface area contributed by atoms with Gasteiger partial charge < -0.3 is 0 Å². The van der Waals surface area contributed by atoms with Gasteiger partial charge in [0, 0.05) is 47.0 Å². The lowest BCUT2D eigenvalue weighted by molar-refractivity contribution is 0.861. The molecule has 0 saturated carbocycles. The van der Waals surface area contributed by atoms with Crippen molar-refractivity contribution in [3.63, 3.8) is 0 Å². The van der Waals surface area contributed by atoms with E-state index in [9.17, 15) is 0 Å². The van der Waals surface area contributed by atoms with Crippen molar-refractivity contribution >= 4 is 62.2 Å². The van der Waals surface area contributed by atoms with Gasteiger partial charge in [-0.05, 0) is 62.0 Å². The summed E-state index contributed by atoms with van der Waals surface area (Å²) in [6.45, 7) is 7.21. The quantitative estimate of drug-likeness (QED) is 0.206. The normalized spacial score (nSPS) is 23.0. The molecule has 2 aromatic rings. The summed E-state index contributed by atoms with van der Waals surface area (Å²) in [5.74, 6) is 0. The number of nitrogens with zero attached hydrogens (tertiary/aromatic N) is 8. The maximum atomic E-state index is 4.74. The molecular weight excluding hydrogens is 518 g/mol. The number of fused-ring (bicyclic) bond motifs is 1. The highest BCUT2D eigenvalue weighted by molar-refractivity contribution is 7.05. The number of hydrogen-bond donors (Lipinski definition) is 0. The molecule has 0 aromatic heterocycles. The fourth-order valence-corrected chi connectivity index (χ4v) is 4.68. The summed E-state index contributed by atoms with van der Waals surface area (Å²) in [6.07, 6.45) is 15.8. The fourth-order valence-electron chi connectivity index (χ4n) is 4.68. The first-order valence-electron chi connectivity index (χ1n) is 13.4. The van der Waals surface area contributed by atoms with E-state index in [-0.39, 0.29) is 0 Å². The zero-order valence-corrected chi connectivity index (χ0v) is 23.4. The predicted molar refractivity (Wildman–Crippen MR) is 175 cm³/mol. The molecule has 2 aromatic carbocycles. The summed E-state index contributed by atoms with van der Waals surface area (Å²) in [7, 11) is 7.64. The van der Waals surface area contributed by atoms with E-state index in [1.54, 1.807) is 14.1 Å². The summed E-state index contributed by atoms with van der Waals surface area (Å²) < 4.78 is 0.